The van der Waals surface area contributed by atoms with Crippen LogP contribution in [0.15, 0.2) is 0 Å². The van der Waals surface area contributed by atoms with Crippen molar-refractivity contribution in [2.45, 2.75) is 12.2 Å². The Morgan fingerprint density at radius 2 is 1.75 bits per heavy atom. The zero-order valence-corrected chi connectivity index (χ0v) is 6.43. The summed E-state index contributed by atoms with van der Waals surface area (Å²) >= 11 is 0. The van der Waals surface area contributed by atoms with E-state index >= 15 is 0 Å². The van der Waals surface area contributed by atoms with Crippen molar-refractivity contribution in [3.8, 4) is 0 Å². The van der Waals surface area contributed by atoms with Crippen molar-refractivity contribution in [1.29, 1.82) is 0 Å². The molecule has 3 N–H and O–H groups in total. The molecule has 0 heterocycles. The molecule has 0 rings (SSSR count). The molecule has 7 nitrogen and oxygen atoms in total. The van der Waals surface area contributed by atoms with Gasteiger partial charge in [-0.2, -0.15) is 8.42 Å². The maximum atomic E-state index is 10.4. The number of carbonyl (C=O) groups excluding carboxylic acids is 2. The molecule has 0 spiro atoms. The van der Waals surface area contributed by atoms with E-state index in [1.807, 2.05) is 0 Å². The Hall–Kier alpha value is -0.830. The van der Waals surface area contributed by atoms with Gasteiger partial charge in [0, 0.05) is 0 Å². The lowest BCUT2D eigenvalue weighted by atomic mass is 10.2. The molecule has 0 radical (unpaired) electrons. The first kappa shape index (κ1) is 11.2. The Morgan fingerprint density at radius 1 is 1.33 bits per heavy atom. The van der Waals surface area contributed by atoms with Gasteiger partial charge in [-0.05, 0) is 0 Å². The monoisotopic (exact) mass is 198 g/mol. The lowest BCUT2D eigenvalue weighted by Gasteiger charge is -2.07. The van der Waals surface area contributed by atoms with Gasteiger partial charge in [0.1, 0.15) is 6.10 Å². The van der Waals surface area contributed by atoms with Gasteiger partial charge in [-0.15, -0.1) is 0 Å². The molecule has 2 atom stereocenters. The van der Waals surface area contributed by atoms with Crippen LogP contribution >= 0.6 is 0 Å². The van der Waals surface area contributed by atoms with Crippen LogP contribution in [-0.4, -0.2) is 46.8 Å². The molecule has 0 aliphatic carbocycles. The molecular formula is C4H6O7S. The summed E-state index contributed by atoms with van der Waals surface area (Å²) in [6.07, 6.45) is -4.83. The number of rotatable bonds is 3. The van der Waals surface area contributed by atoms with Gasteiger partial charge in [0.05, 0.1) is 0 Å². The van der Waals surface area contributed by atoms with Crippen LogP contribution in [-0.2, 0) is 19.7 Å². The summed E-state index contributed by atoms with van der Waals surface area (Å²) in [4.78, 5) is 20.1. The molecule has 0 amide bonds. The highest BCUT2D eigenvalue weighted by Gasteiger charge is 2.32. The topological polar surface area (TPSA) is 129 Å². The minimum Gasteiger partial charge on any atom is -0.382 e. The molecule has 0 aromatic rings. The van der Waals surface area contributed by atoms with Crippen molar-refractivity contribution in [2.24, 2.45) is 0 Å². The lowest BCUT2D eigenvalue weighted by Crippen LogP contribution is -2.38. The fourth-order valence-electron chi connectivity index (χ4n) is 0.366. The van der Waals surface area contributed by atoms with Crippen LogP contribution < -0.4 is 0 Å². The van der Waals surface area contributed by atoms with E-state index in [-0.39, 0.29) is 6.29 Å². The van der Waals surface area contributed by atoms with Gasteiger partial charge in [-0.1, -0.05) is 0 Å². The summed E-state index contributed by atoms with van der Waals surface area (Å²) in [6.45, 7) is 0. The van der Waals surface area contributed by atoms with Crippen molar-refractivity contribution < 1.29 is 32.8 Å². The van der Waals surface area contributed by atoms with Crippen molar-refractivity contribution in [1.82, 2.24) is 0 Å². The van der Waals surface area contributed by atoms with Crippen molar-refractivity contribution >= 4 is 21.5 Å². The smallest absolute Gasteiger partial charge is 0.331 e. The number of hydrogen-bond acceptors (Lipinski definition) is 6. The van der Waals surface area contributed by atoms with E-state index in [1.54, 1.807) is 0 Å². The Labute approximate surface area is 67.4 Å². The normalized spacial score (nSPS) is 16.6. The highest BCUT2D eigenvalue weighted by molar-refractivity contribution is 8.01. The molecule has 0 aliphatic rings. The van der Waals surface area contributed by atoms with Gasteiger partial charge in [0.25, 0.3) is 0 Å². The third-order valence-electron chi connectivity index (χ3n) is 0.959. The van der Waals surface area contributed by atoms with E-state index < -0.39 is 27.4 Å². The summed E-state index contributed by atoms with van der Waals surface area (Å²) in [5.41, 5.74) is 0. The summed E-state index contributed by atoms with van der Waals surface area (Å²) in [5, 5.41) is 15.0. The first-order valence-corrected chi connectivity index (χ1v) is 4.07. The SMILES string of the molecule is O=CC(O)C(O)C(=O)S(=O)(=O)O. The molecule has 0 fully saturated rings. The standard InChI is InChI=1S/C4H6O7S/c5-1-2(6)3(7)4(8)12(9,10)11/h1-3,6-7H,(H,9,10,11). The summed E-state index contributed by atoms with van der Waals surface area (Å²) in [6, 6.07) is 0. The van der Waals surface area contributed by atoms with Gasteiger partial charge in [-0.3, -0.25) is 9.35 Å². The Morgan fingerprint density at radius 3 is 2.00 bits per heavy atom. The minimum absolute atomic E-state index is 0.228. The van der Waals surface area contributed by atoms with Gasteiger partial charge < -0.3 is 15.0 Å². The second-order valence-electron chi connectivity index (χ2n) is 1.87. The molecule has 2 unspecified atom stereocenters. The maximum Gasteiger partial charge on any atom is 0.331 e. The fraction of sp³-hybridized carbons (Fsp3) is 0.500. The molecule has 0 saturated heterocycles. The van der Waals surface area contributed by atoms with E-state index in [0.717, 1.165) is 0 Å². The number of aliphatic hydroxyl groups is 2. The third kappa shape index (κ3) is 2.66. The van der Waals surface area contributed by atoms with E-state index in [1.165, 1.54) is 0 Å². The number of hydrogen-bond donors (Lipinski definition) is 3. The van der Waals surface area contributed by atoms with E-state index in [9.17, 15) is 18.0 Å². The van der Waals surface area contributed by atoms with E-state index in [2.05, 4.69) is 0 Å². The van der Waals surface area contributed by atoms with Crippen molar-refractivity contribution in [3.05, 3.63) is 0 Å². The average molecular weight is 198 g/mol. The highest BCUT2D eigenvalue weighted by atomic mass is 32.2. The van der Waals surface area contributed by atoms with Crippen LogP contribution in [0.1, 0.15) is 0 Å². The molecule has 12 heavy (non-hydrogen) atoms. The summed E-state index contributed by atoms with van der Waals surface area (Å²) in [5.74, 6) is 0. The van der Waals surface area contributed by atoms with E-state index in [0.29, 0.717) is 0 Å². The van der Waals surface area contributed by atoms with Gasteiger partial charge in [0.15, 0.2) is 12.4 Å². The number of aldehydes is 1. The summed E-state index contributed by atoms with van der Waals surface area (Å²) < 4.78 is 28.1. The Bertz CT molecular complexity index is 278. The molecule has 0 saturated carbocycles. The van der Waals surface area contributed by atoms with Crippen LogP contribution in [0.5, 0.6) is 0 Å². The third-order valence-corrected chi connectivity index (χ3v) is 1.71. The van der Waals surface area contributed by atoms with Crippen LogP contribution in [0.25, 0.3) is 0 Å². The Kier molecular flexibility index (Phi) is 3.46. The average Bonchev–Trinajstić information content (AvgIpc) is 1.98. The van der Waals surface area contributed by atoms with Crippen LogP contribution in [0.4, 0.5) is 0 Å². The predicted octanol–water partition coefficient (Wildman–Crippen LogP) is -2.68. The molecule has 0 aromatic carbocycles. The van der Waals surface area contributed by atoms with Crippen LogP contribution in [0, 0.1) is 0 Å². The molecule has 0 aliphatic heterocycles. The van der Waals surface area contributed by atoms with Gasteiger partial charge >= 0.3 is 15.2 Å². The predicted molar refractivity (Wildman–Crippen MR) is 34.6 cm³/mol. The molecule has 0 aromatic heterocycles. The number of carbonyl (C=O) groups is 2. The lowest BCUT2D eigenvalue weighted by molar-refractivity contribution is -0.132. The quantitative estimate of drug-likeness (QED) is 0.333. The van der Waals surface area contributed by atoms with Gasteiger partial charge in [-0.25, -0.2) is 0 Å². The highest BCUT2D eigenvalue weighted by Crippen LogP contribution is 1.97. The first-order chi connectivity index (χ1) is 5.30. The zero-order valence-electron chi connectivity index (χ0n) is 5.61. The second-order valence-corrected chi connectivity index (χ2v) is 3.22. The van der Waals surface area contributed by atoms with E-state index in [4.69, 9.17) is 14.8 Å². The number of aliphatic hydroxyl groups excluding tert-OH is 2. The molecule has 0 bridgehead atoms. The maximum absolute atomic E-state index is 10.4. The fourth-order valence-corrected chi connectivity index (χ4v) is 0.811. The molecular weight excluding hydrogens is 192 g/mol. The van der Waals surface area contributed by atoms with Crippen LogP contribution in [0.3, 0.4) is 0 Å². The largest absolute Gasteiger partial charge is 0.382 e. The molecule has 70 valence electrons. The molecule has 8 heteroatoms. The van der Waals surface area contributed by atoms with Crippen LogP contribution in [0.2, 0.25) is 0 Å². The first-order valence-electron chi connectivity index (χ1n) is 2.63. The zero-order chi connectivity index (χ0) is 9.94. The summed E-state index contributed by atoms with van der Waals surface area (Å²) in [7, 11) is -5.06. The van der Waals surface area contributed by atoms with Gasteiger partial charge in [0.2, 0.25) is 0 Å². The Balaban J connectivity index is 4.63. The van der Waals surface area contributed by atoms with Crippen molar-refractivity contribution in [3.63, 3.8) is 0 Å². The van der Waals surface area contributed by atoms with Crippen molar-refractivity contribution in [2.75, 3.05) is 0 Å². The second kappa shape index (κ2) is 3.72. The minimum atomic E-state index is -5.06.